The fourth-order valence-corrected chi connectivity index (χ4v) is 1.69. The second-order valence-corrected chi connectivity index (χ2v) is 3.36. The molecule has 5 heteroatoms. The van der Waals surface area contributed by atoms with Gasteiger partial charge < -0.3 is 9.84 Å². The third kappa shape index (κ3) is 2.55. The highest BCUT2D eigenvalue weighted by Crippen LogP contribution is 2.15. The SMILES string of the molecule is COC(=O)c1csc(CC(=O)O)c1. The Morgan fingerprint density at radius 2 is 2.31 bits per heavy atom. The molecule has 0 saturated carbocycles. The van der Waals surface area contributed by atoms with Crippen LogP contribution >= 0.6 is 11.3 Å². The summed E-state index contributed by atoms with van der Waals surface area (Å²) < 4.78 is 4.47. The molecule has 70 valence electrons. The van der Waals surface area contributed by atoms with E-state index in [1.54, 1.807) is 5.38 Å². The molecule has 1 N–H and O–H groups in total. The number of esters is 1. The number of carboxylic acids is 1. The van der Waals surface area contributed by atoms with Crippen LogP contribution in [0.2, 0.25) is 0 Å². The van der Waals surface area contributed by atoms with Crippen LogP contribution in [0.4, 0.5) is 0 Å². The van der Waals surface area contributed by atoms with Crippen LogP contribution in [0.25, 0.3) is 0 Å². The van der Waals surface area contributed by atoms with Crippen LogP contribution in [0.1, 0.15) is 15.2 Å². The lowest BCUT2D eigenvalue weighted by Gasteiger charge is -1.91. The van der Waals surface area contributed by atoms with Gasteiger partial charge in [0.1, 0.15) is 0 Å². The Kier molecular flexibility index (Phi) is 3.02. The number of rotatable bonds is 3. The van der Waals surface area contributed by atoms with Crippen molar-refractivity contribution in [2.24, 2.45) is 0 Å². The lowest BCUT2D eigenvalue weighted by atomic mass is 10.3. The first-order chi connectivity index (χ1) is 6.13. The van der Waals surface area contributed by atoms with E-state index in [4.69, 9.17) is 5.11 Å². The van der Waals surface area contributed by atoms with Gasteiger partial charge in [0, 0.05) is 10.3 Å². The number of methoxy groups -OCH3 is 1. The second-order valence-electron chi connectivity index (χ2n) is 2.36. The number of aliphatic carboxylic acids is 1. The number of carbonyl (C=O) groups excluding carboxylic acids is 1. The molecule has 0 aliphatic heterocycles. The van der Waals surface area contributed by atoms with E-state index in [1.165, 1.54) is 24.5 Å². The minimum absolute atomic E-state index is 0.0539. The van der Waals surface area contributed by atoms with Gasteiger partial charge in [0.15, 0.2) is 0 Å². The zero-order valence-corrected chi connectivity index (χ0v) is 7.76. The van der Waals surface area contributed by atoms with Crippen LogP contribution in [0.15, 0.2) is 11.4 Å². The first-order valence-corrected chi connectivity index (χ1v) is 4.39. The van der Waals surface area contributed by atoms with E-state index < -0.39 is 11.9 Å². The highest BCUT2D eigenvalue weighted by molar-refractivity contribution is 7.10. The number of thiophene rings is 1. The molecule has 0 atom stereocenters. The molecule has 0 amide bonds. The fourth-order valence-electron chi connectivity index (χ4n) is 0.847. The molecular weight excluding hydrogens is 192 g/mol. The molecule has 0 saturated heterocycles. The molecule has 0 unspecified atom stereocenters. The van der Waals surface area contributed by atoms with Crippen molar-refractivity contribution in [3.63, 3.8) is 0 Å². The number of hydrogen-bond donors (Lipinski definition) is 1. The van der Waals surface area contributed by atoms with Crippen LogP contribution < -0.4 is 0 Å². The van der Waals surface area contributed by atoms with E-state index in [0.29, 0.717) is 10.4 Å². The molecule has 0 spiro atoms. The molecule has 1 aromatic rings. The average Bonchev–Trinajstić information content (AvgIpc) is 2.50. The van der Waals surface area contributed by atoms with E-state index in [-0.39, 0.29) is 6.42 Å². The van der Waals surface area contributed by atoms with Crippen molar-refractivity contribution < 1.29 is 19.4 Å². The standard InChI is InChI=1S/C8H8O4S/c1-12-8(11)5-2-6(13-4-5)3-7(9)10/h2,4H,3H2,1H3,(H,9,10). The molecule has 4 nitrogen and oxygen atoms in total. The van der Waals surface area contributed by atoms with Gasteiger partial charge in [-0.25, -0.2) is 4.79 Å². The summed E-state index contributed by atoms with van der Waals surface area (Å²) in [6, 6.07) is 1.53. The predicted octanol–water partition coefficient (Wildman–Crippen LogP) is 1.16. The second kappa shape index (κ2) is 4.04. The van der Waals surface area contributed by atoms with Gasteiger partial charge in [0.2, 0.25) is 0 Å². The van der Waals surface area contributed by atoms with Gasteiger partial charge >= 0.3 is 11.9 Å². The first-order valence-electron chi connectivity index (χ1n) is 3.51. The smallest absolute Gasteiger partial charge is 0.338 e. The summed E-state index contributed by atoms with van der Waals surface area (Å²) in [7, 11) is 1.29. The summed E-state index contributed by atoms with van der Waals surface area (Å²) in [4.78, 5) is 21.9. The topological polar surface area (TPSA) is 63.6 Å². The summed E-state index contributed by atoms with van der Waals surface area (Å²) in [6.07, 6.45) is -0.0539. The molecule has 0 aliphatic rings. The molecule has 0 fully saturated rings. The number of carbonyl (C=O) groups is 2. The van der Waals surface area contributed by atoms with E-state index in [1.807, 2.05) is 0 Å². The van der Waals surface area contributed by atoms with Gasteiger partial charge in [-0.05, 0) is 6.07 Å². The number of ether oxygens (including phenoxy) is 1. The highest BCUT2D eigenvalue weighted by atomic mass is 32.1. The number of carboxylic acid groups (broad SMARTS) is 1. The summed E-state index contributed by atoms with van der Waals surface area (Å²) in [5.74, 6) is -1.34. The van der Waals surface area contributed by atoms with E-state index in [2.05, 4.69) is 4.74 Å². The number of hydrogen-bond acceptors (Lipinski definition) is 4. The van der Waals surface area contributed by atoms with Crippen LogP contribution in [-0.2, 0) is 16.0 Å². The maximum absolute atomic E-state index is 10.9. The highest BCUT2D eigenvalue weighted by Gasteiger charge is 2.09. The third-order valence-electron chi connectivity index (χ3n) is 1.40. The molecule has 1 rings (SSSR count). The minimum atomic E-state index is -0.904. The van der Waals surface area contributed by atoms with Crippen LogP contribution in [-0.4, -0.2) is 24.2 Å². The van der Waals surface area contributed by atoms with Crippen molar-refractivity contribution in [1.29, 1.82) is 0 Å². The molecule has 0 aromatic carbocycles. The van der Waals surface area contributed by atoms with Gasteiger partial charge in [0.05, 0.1) is 19.1 Å². The predicted molar refractivity (Wildman–Crippen MR) is 47.0 cm³/mol. The molecule has 1 aromatic heterocycles. The van der Waals surface area contributed by atoms with Crippen molar-refractivity contribution in [3.8, 4) is 0 Å². The van der Waals surface area contributed by atoms with Crippen molar-refractivity contribution in [3.05, 3.63) is 21.9 Å². The van der Waals surface area contributed by atoms with Gasteiger partial charge in [0.25, 0.3) is 0 Å². The van der Waals surface area contributed by atoms with Crippen molar-refractivity contribution >= 4 is 23.3 Å². The summed E-state index contributed by atoms with van der Waals surface area (Å²) in [6.45, 7) is 0. The zero-order valence-electron chi connectivity index (χ0n) is 6.94. The minimum Gasteiger partial charge on any atom is -0.481 e. The van der Waals surface area contributed by atoms with Gasteiger partial charge in [-0.3, -0.25) is 4.79 Å². The Balaban J connectivity index is 2.74. The van der Waals surface area contributed by atoms with Crippen LogP contribution in [0.5, 0.6) is 0 Å². The Hall–Kier alpha value is -1.36. The zero-order chi connectivity index (χ0) is 9.84. The van der Waals surface area contributed by atoms with Crippen molar-refractivity contribution in [1.82, 2.24) is 0 Å². The van der Waals surface area contributed by atoms with Crippen molar-refractivity contribution in [2.45, 2.75) is 6.42 Å². The summed E-state index contributed by atoms with van der Waals surface area (Å²) >= 11 is 1.24. The fraction of sp³-hybridized carbons (Fsp3) is 0.250. The van der Waals surface area contributed by atoms with E-state index in [9.17, 15) is 9.59 Å². The Morgan fingerprint density at radius 1 is 1.62 bits per heavy atom. The Bertz CT molecular complexity index is 329. The normalized spacial score (nSPS) is 9.62. The quantitative estimate of drug-likeness (QED) is 0.744. The largest absolute Gasteiger partial charge is 0.481 e. The molecule has 0 radical (unpaired) electrons. The molecule has 13 heavy (non-hydrogen) atoms. The lowest BCUT2D eigenvalue weighted by molar-refractivity contribution is -0.136. The molecular formula is C8H8O4S. The van der Waals surface area contributed by atoms with Gasteiger partial charge in [-0.1, -0.05) is 0 Å². The maximum atomic E-state index is 10.9. The monoisotopic (exact) mass is 200 g/mol. The maximum Gasteiger partial charge on any atom is 0.338 e. The van der Waals surface area contributed by atoms with Gasteiger partial charge in [-0.2, -0.15) is 0 Å². The Labute approximate surface area is 78.8 Å². The lowest BCUT2D eigenvalue weighted by Crippen LogP contribution is -2.00. The third-order valence-corrected chi connectivity index (χ3v) is 2.34. The van der Waals surface area contributed by atoms with E-state index >= 15 is 0 Å². The Morgan fingerprint density at radius 3 is 2.85 bits per heavy atom. The summed E-state index contributed by atoms with van der Waals surface area (Å²) in [5, 5.41) is 10.0. The summed E-state index contributed by atoms with van der Waals surface area (Å²) in [5.41, 5.74) is 0.406. The average molecular weight is 200 g/mol. The van der Waals surface area contributed by atoms with Crippen LogP contribution in [0.3, 0.4) is 0 Å². The van der Waals surface area contributed by atoms with E-state index in [0.717, 1.165) is 0 Å². The molecule has 0 aliphatic carbocycles. The van der Waals surface area contributed by atoms with Crippen molar-refractivity contribution in [2.75, 3.05) is 7.11 Å². The molecule has 1 heterocycles. The first kappa shape index (κ1) is 9.73. The van der Waals surface area contributed by atoms with Gasteiger partial charge in [-0.15, -0.1) is 11.3 Å². The van der Waals surface area contributed by atoms with Crippen LogP contribution in [0, 0.1) is 0 Å². The molecule has 0 bridgehead atoms.